The van der Waals surface area contributed by atoms with Crippen LogP contribution < -0.4 is 10.6 Å². The van der Waals surface area contributed by atoms with Crippen molar-refractivity contribution in [3.8, 4) is 0 Å². The van der Waals surface area contributed by atoms with Crippen LogP contribution >= 0.6 is 0 Å². The van der Waals surface area contributed by atoms with Gasteiger partial charge >= 0.3 is 6.09 Å². The van der Waals surface area contributed by atoms with Gasteiger partial charge in [0, 0.05) is 13.1 Å². The standard InChI is InChI=1S/C15H27N3O4/c1-10(17-14(21)22-15(3,4)5)12(19)16-11(2)13(20)18-8-6-7-9-18/h10-11H,6-9H2,1-5H3,(H,16,19)(H,17,21). The van der Waals surface area contributed by atoms with E-state index in [0.29, 0.717) is 0 Å². The molecule has 0 spiro atoms. The van der Waals surface area contributed by atoms with Crippen LogP contribution in [-0.4, -0.2) is 53.6 Å². The SMILES string of the molecule is CC(NC(=O)OC(C)(C)C)C(=O)NC(C)C(=O)N1CCCC1. The number of carbonyl (C=O) groups is 3. The van der Waals surface area contributed by atoms with Gasteiger partial charge in [-0.1, -0.05) is 0 Å². The van der Waals surface area contributed by atoms with Crippen molar-refractivity contribution in [2.24, 2.45) is 0 Å². The predicted molar refractivity (Wildman–Crippen MR) is 82.3 cm³/mol. The number of nitrogens with zero attached hydrogens (tertiary/aromatic N) is 1. The molecule has 7 heteroatoms. The first-order valence-electron chi connectivity index (χ1n) is 7.69. The van der Waals surface area contributed by atoms with Gasteiger partial charge in [-0.3, -0.25) is 9.59 Å². The number of amides is 3. The second-order valence-corrected chi connectivity index (χ2v) is 6.63. The molecule has 2 atom stereocenters. The van der Waals surface area contributed by atoms with Gasteiger partial charge in [-0.15, -0.1) is 0 Å². The lowest BCUT2D eigenvalue weighted by Gasteiger charge is -2.24. The largest absolute Gasteiger partial charge is 0.444 e. The fourth-order valence-corrected chi connectivity index (χ4v) is 2.16. The number of likely N-dealkylation sites (tertiary alicyclic amines) is 1. The summed E-state index contributed by atoms with van der Waals surface area (Å²) < 4.78 is 5.09. The van der Waals surface area contributed by atoms with Crippen molar-refractivity contribution in [2.45, 2.75) is 65.1 Å². The smallest absolute Gasteiger partial charge is 0.408 e. The molecule has 1 saturated heterocycles. The lowest BCUT2D eigenvalue weighted by atomic mass is 10.2. The van der Waals surface area contributed by atoms with Crippen LogP contribution in [0, 0.1) is 0 Å². The van der Waals surface area contributed by atoms with E-state index in [9.17, 15) is 14.4 Å². The molecule has 22 heavy (non-hydrogen) atoms. The van der Waals surface area contributed by atoms with Crippen LogP contribution in [0.1, 0.15) is 47.5 Å². The van der Waals surface area contributed by atoms with Gasteiger partial charge in [0.1, 0.15) is 17.7 Å². The van der Waals surface area contributed by atoms with Gasteiger partial charge in [-0.2, -0.15) is 0 Å². The van der Waals surface area contributed by atoms with Crippen molar-refractivity contribution in [2.75, 3.05) is 13.1 Å². The van der Waals surface area contributed by atoms with E-state index in [4.69, 9.17) is 4.74 Å². The Morgan fingerprint density at radius 2 is 1.55 bits per heavy atom. The first-order chi connectivity index (χ1) is 10.1. The first-order valence-corrected chi connectivity index (χ1v) is 7.69. The maximum absolute atomic E-state index is 12.1. The number of carbonyl (C=O) groups excluding carboxylic acids is 3. The van der Waals surface area contributed by atoms with E-state index in [1.807, 2.05) is 0 Å². The highest BCUT2D eigenvalue weighted by molar-refractivity contribution is 5.90. The zero-order valence-corrected chi connectivity index (χ0v) is 14.1. The summed E-state index contributed by atoms with van der Waals surface area (Å²) in [5, 5.41) is 5.08. The highest BCUT2D eigenvalue weighted by Gasteiger charge is 2.27. The number of hydrogen-bond acceptors (Lipinski definition) is 4. The Bertz CT molecular complexity index is 425. The zero-order chi connectivity index (χ0) is 16.9. The van der Waals surface area contributed by atoms with Gasteiger partial charge in [-0.25, -0.2) is 4.79 Å². The molecule has 2 N–H and O–H groups in total. The van der Waals surface area contributed by atoms with Gasteiger partial charge in [0.25, 0.3) is 0 Å². The second kappa shape index (κ2) is 7.47. The number of hydrogen-bond donors (Lipinski definition) is 2. The molecule has 0 bridgehead atoms. The Morgan fingerprint density at radius 1 is 1.00 bits per heavy atom. The summed E-state index contributed by atoms with van der Waals surface area (Å²) in [5.41, 5.74) is -0.626. The molecule has 1 fully saturated rings. The summed E-state index contributed by atoms with van der Waals surface area (Å²) in [4.78, 5) is 37.5. The minimum Gasteiger partial charge on any atom is -0.444 e. The van der Waals surface area contributed by atoms with Gasteiger partial charge in [-0.05, 0) is 47.5 Å². The van der Waals surface area contributed by atoms with E-state index in [1.165, 1.54) is 0 Å². The number of nitrogens with one attached hydrogen (secondary N) is 2. The molecule has 7 nitrogen and oxygen atoms in total. The predicted octanol–water partition coefficient (Wildman–Crippen LogP) is 1.03. The van der Waals surface area contributed by atoms with Crippen LogP contribution in [-0.2, 0) is 14.3 Å². The summed E-state index contributed by atoms with van der Waals surface area (Å²) in [6.45, 7) is 9.91. The summed E-state index contributed by atoms with van der Waals surface area (Å²) >= 11 is 0. The van der Waals surface area contributed by atoms with Gasteiger partial charge < -0.3 is 20.3 Å². The minimum absolute atomic E-state index is 0.0877. The molecule has 2 unspecified atom stereocenters. The topological polar surface area (TPSA) is 87.7 Å². The Morgan fingerprint density at radius 3 is 2.05 bits per heavy atom. The fraction of sp³-hybridized carbons (Fsp3) is 0.800. The fourth-order valence-electron chi connectivity index (χ4n) is 2.16. The van der Waals surface area contributed by atoms with E-state index >= 15 is 0 Å². The van der Waals surface area contributed by atoms with E-state index in [2.05, 4.69) is 10.6 Å². The molecule has 1 rings (SSSR count). The van der Waals surface area contributed by atoms with Gasteiger partial charge in [0.05, 0.1) is 0 Å². The maximum atomic E-state index is 12.1. The Kier molecular flexibility index (Phi) is 6.20. The normalized spacial score (nSPS) is 17.6. The quantitative estimate of drug-likeness (QED) is 0.811. The van der Waals surface area contributed by atoms with Crippen LogP contribution in [0.5, 0.6) is 0 Å². The van der Waals surface area contributed by atoms with E-state index in [1.54, 1.807) is 39.5 Å². The Hall–Kier alpha value is -1.79. The van der Waals surface area contributed by atoms with E-state index in [0.717, 1.165) is 25.9 Å². The van der Waals surface area contributed by atoms with Gasteiger partial charge in [0.2, 0.25) is 11.8 Å². The van der Waals surface area contributed by atoms with Crippen molar-refractivity contribution in [1.82, 2.24) is 15.5 Å². The molecule has 126 valence electrons. The highest BCUT2D eigenvalue weighted by atomic mass is 16.6. The molecule has 0 aromatic rings. The number of ether oxygens (including phenoxy) is 1. The summed E-state index contributed by atoms with van der Waals surface area (Å²) in [7, 11) is 0. The molecule has 1 aliphatic heterocycles. The van der Waals surface area contributed by atoms with E-state index in [-0.39, 0.29) is 5.91 Å². The average Bonchev–Trinajstić information content (AvgIpc) is 2.88. The van der Waals surface area contributed by atoms with Crippen molar-refractivity contribution in [1.29, 1.82) is 0 Å². The molecular formula is C15H27N3O4. The average molecular weight is 313 g/mol. The molecule has 3 amide bonds. The van der Waals surface area contributed by atoms with Crippen LogP contribution in [0.3, 0.4) is 0 Å². The van der Waals surface area contributed by atoms with Gasteiger partial charge in [0.15, 0.2) is 0 Å². The molecular weight excluding hydrogens is 286 g/mol. The summed E-state index contributed by atoms with van der Waals surface area (Å²) in [6.07, 6.45) is 1.35. The minimum atomic E-state index is -0.774. The summed E-state index contributed by atoms with van der Waals surface area (Å²) in [5.74, 6) is -0.499. The molecule has 0 radical (unpaired) electrons. The summed E-state index contributed by atoms with van der Waals surface area (Å²) in [6, 6.07) is -1.38. The number of rotatable bonds is 4. The Balaban J connectivity index is 2.42. The van der Waals surface area contributed by atoms with Crippen molar-refractivity contribution >= 4 is 17.9 Å². The van der Waals surface area contributed by atoms with Crippen molar-refractivity contribution in [3.05, 3.63) is 0 Å². The first kappa shape index (κ1) is 18.3. The molecule has 0 aliphatic carbocycles. The van der Waals surface area contributed by atoms with Crippen molar-refractivity contribution in [3.63, 3.8) is 0 Å². The maximum Gasteiger partial charge on any atom is 0.408 e. The third-order valence-electron chi connectivity index (χ3n) is 3.27. The molecule has 0 aromatic heterocycles. The lowest BCUT2D eigenvalue weighted by molar-refractivity contribution is -0.135. The third kappa shape index (κ3) is 5.91. The van der Waals surface area contributed by atoms with Crippen LogP contribution in [0.25, 0.3) is 0 Å². The van der Waals surface area contributed by atoms with Crippen LogP contribution in [0.4, 0.5) is 4.79 Å². The monoisotopic (exact) mass is 313 g/mol. The third-order valence-corrected chi connectivity index (χ3v) is 3.27. The highest BCUT2D eigenvalue weighted by Crippen LogP contribution is 2.09. The molecule has 0 saturated carbocycles. The lowest BCUT2D eigenvalue weighted by Crippen LogP contribution is -2.52. The van der Waals surface area contributed by atoms with E-state index < -0.39 is 29.7 Å². The Labute approximate surface area is 131 Å². The second-order valence-electron chi connectivity index (χ2n) is 6.63. The van der Waals surface area contributed by atoms with Crippen LogP contribution in [0.2, 0.25) is 0 Å². The zero-order valence-electron chi connectivity index (χ0n) is 14.1. The molecule has 1 heterocycles. The number of alkyl carbamates (subject to hydrolysis) is 1. The van der Waals surface area contributed by atoms with Crippen LogP contribution in [0.15, 0.2) is 0 Å². The molecule has 0 aromatic carbocycles. The molecule has 1 aliphatic rings. The van der Waals surface area contributed by atoms with Crippen molar-refractivity contribution < 1.29 is 19.1 Å².